The Morgan fingerprint density at radius 3 is 2.48 bits per heavy atom. The third kappa shape index (κ3) is 3.16. The molecule has 0 amide bonds. The molecule has 0 radical (unpaired) electrons. The van der Waals surface area contributed by atoms with Gasteiger partial charge in [0.05, 0.1) is 10.4 Å². The molecule has 1 heterocycles. The van der Waals surface area contributed by atoms with Crippen LogP contribution in [0.15, 0.2) is 58.5 Å². The number of hydrogen-bond donors (Lipinski definition) is 0. The number of aromatic nitrogens is 1. The zero-order valence-electron chi connectivity index (χ0n) is 12.8. The lowest BCUT2D eigenvalue weighted by Crippen LogP contribution is -2.11. The van der Waals surface area contributed by atoms with E-state index in [1.165, 1.54) is 3.97 Å². The first-order valence-electron chi connectivity index (χ1n) is 7.19. The third-order valence-electron chi connectivity index (χ3n) is 3.58. The van der Waals surface area contributed by atoms with Crippen LogP contribution in [0.5, 0.6) is 0 Å². The lowest BCUT2D eigenvalue weighted by atomic mass is 10.2. The number of aryl methyl sites for hydroxylation is 1. The minimum atomic E-state index is -3.58. The Morgan fingerprint density at radius 1 is 1.13 bits per heavy atom. The van der Waals surface area contributed by atoms with E-state index < -0.39 is 10.0 Å². The highest BCUT2D eigenvalue weighted by atomic mass is 127. The Labute approximate surface area is 154 Å². The summed E-state index contributed by atoms with van der Waals surface area (Å²) in [5, 5.41) is 0.972. The molecule has 3 nitrogen and oxygen atoms in total. The molecule has 0 N–H and O–H groups in total. The quantitative estimate of drug-likeness (QED) is 0.413. The zero-order valence-corrected chi connectivity index (χ0v) is 16.6. The summed E-state index contributed by atoms with van der Waals surface area (Å²) in [5.74, 6) is 0.991. The molecule has 0 spiro atoms. The van der Waals surface area contributed by atoms with Crippen LogP contribution in [0.3, 0.4) is 0 Å². The van der Waals surface area contributed by atoms with Crippen LogP contribution in [0.4, 0.5) is 0 Å². The van der Waals surface area contributed by atoms with Crippen molar-refractivity contribution in [1.82, 2.24) is 3.97 Å². The number of fused-ring (bicyclic) bond motifs is 1. The van der Waals surface area contributed by atoms with Crippen molar-refractivity contribution in [2.24, 2.45) is 0 Å². The first-order chi connectivity index (χ1) is 10.9. The standard InChI is InChI=1S/C17H16INO2S2/c1-3-22-13-6-9-17-15(10-13)16(18)11-19(17)23(20,21)14-7-4-12(2)5-8-14/h4-11H,3H2,1-2H3. The van der Waals surface area contributed by atoms with Crippen molar-refractivity contribution in [1.29, 1.82) is 0 Å². The van der Waals surface area contributed by atoms with Crippen molar-refractivity contribution in [3.8, 4) is 0 Å². The van der Waals surface area contributed by atoms with Gasteiger partial charge in [-0.3, -0.25) is 0 Å². The van der Waals surface area contributed by atoms with E-state index in [4.69, 9.17) is 0 Å². The number of hydrogen-bond acceptors (Lipinski definition) is 3. The van der Waals surface area contributed by atoms with Gasteiger partial charge in [0, 0.05) is 20.0 Å². The highest BCUT2D eigenvalue weighted by molar-refractivity contribution is 14.1. The van der Waals surface area contributed by atoms with Gasteiger partial charge in [0.25, 0.3) is 10.0 Å². The third-order valence-corrected chi connectivity index (χ3v) is 7.01. The lowest BCUT2D eigenvalue weighted by Gasteiger charge is -2.08. The number of rotatable bonds is 4. The second-order valence-corrected chi connectivity index (χ2v) is 9.52. The van der Waals surface area contributed by atoms with Crippen LogP contribution in [0, 0.1) is 10.5 Å². The van der Waals surface area contributed by atoms with E-state index in [0.717, 1.165) is 30.7 Å². The van der Waals surface area contributed by atoms with Crippen LogP contribution in [0.25, 0.3) is 10.9 Å². The van der Waals surface area contributed by atoms with Crippen LogP contribution in [0.2, 0.25) is 0 Å². The fourth-order valence-corrected chi connectivity index (χ4v) is 5.39. The molecule has 0 aliphatic heterocycles. The van der Waals surface area contributed by atoms with E-state index in [1.807, 2.05) is 31.2 Å². The van der Waals surface area contributed by atoms with Gasteiger partial charge in [0.2, 0.25) is 0 Å². The van der Waals surface area contributed by atoms with Crippen molar-refractivity contribution in [2.45, 2.75) is 23.6 Å². The minimum absolute atomic E-state index is 0.309. The van der Waals surface area contributed by atoms with Gasteiger partial charge in [-0.15, -0.1) is 11.8 Å². The Morgan fingerprint density at radius 2 is 1.83 bits per heavy atom. The molecular formula is C17H16INO2S2. The molecule has 0 saturated heterocycles. The largest absolute Gasteiger partial charge is 0.268 e. The maximum Gasteiger partial charge on any atom is 0.268 e. The summed E-state index contributed by atoms with van der Waals surface area (Å²) in [6.07, 6.45) is 1.70. The molecule has 3 aromatic rings. The average molecular weight is 457 g/mol. The van der Waals surface area contributed by atoms with Gasteiger partial charge in [0.15, 0.2) is 0 Å². The summed E-state index contributed by atoms with van der Waals surface area (Å²) in [4.78, 5) is 1.46. The van der Waals surface area contributed by atoms with Gasteiger partial charge >= 0.3 is 0 Å². The molecule has 6 heteroatoms. The van der Waals surface area contributed by atoms with Crippen LogP contribution < -0.4 is 0 Å². The van der Waals surface area contributed by atoms with Crippen molar-refractivity contribution in [3.63, 3.8) is 0 Å². The summed E-state index contributed by atoms with van der Waals surface area (Å²) in [7, 11) is -3.58. The Hall–Kier alpha value is -0.990. The normalized spacial score (nSPS) is 12.0. The van der Waals surface area contributed by atoms with Gasteiger partial charge in [0.1, 0.15) is 0 Å². The molecule has 120 valence electrons. The summed E-state index contributed by atoms with van der Waals surface area (Å²) in [6.45, 7) is 4.05. The van der Waals surface area contributed by atoms with Gasteiger partial charge in [-0.2, -0.15) is 0 Å². The molecule has 3 rings (SSSR count). The summed E-state index contributed by atoms with van der Waals surface area (Å²) in [5.41, 5.74) is 1.76. The second kappa shape index (κ2) is 6.49. The van der Waals surface area contributed by atoms with Crippen molar-refractivity contribution in [2.75, 3.05) is 5.75 Å². The number of thioether (sulfide) groups is 1. The maximum absolute atomic E-state index is 12.9. The van der Waals surface area contributed by atoms with Crippen LogP contribution in [-0.4, -0.2) is 18.1 Å². The monoisotopic (exact) mass is 457 g/mol. The zero-order chi connectivity index (χ0) is 16.6. The fraction of sp³-hybridized carbons (Fsp3) is 0.176. The Kier molecular flexibility index (Phi) is 4.75. The smallest absolute Gasteiger partial charge is 0.240 e. The summed E-state index contributed by atoms with van der Waals surface area (Å²) in [6, 6.07) is 12.9. The molecule has 0 saturated carbocycles. The molecule has 0 bridgehead atoms. The summed E-state index contributed by atoms with van der Waals surface area (Å²) >= 11 is 3.95. The lowest BCUT2D eigenvalue weighted by molar-refractivity contribution is 0.589. The van der Waals surface area contributed by atoms with Crippen LogP contribution >= 0.6 is 34.4 Å². The van der Waals surface area contributed by atoms with E-state index in [-0.39, 0.29) is 0 Å². The van der Waals surface area contributed by atoms with Crippen molar-refractivity contribution >= 4 is 55.3 Å². The molecule has 0 unspecified atom stereocenters. The molecule has 0 fully saturated rings. The maximum atomic E-state index is 12.9. The van der Waals surface area contributed by atoms with Gasteiger partial charge in [-0.05, 0) is 65.6 Å². The number of halogens is 1. The summed E-state index contributed by atoms with van der Waals surface area (Å²) < 4.78 is 28.2. The molecule has 23 heavy (non-hydrogen) atoms. The highest BCUT2D eigenvalue weighted by Crippen LogP contribution is 2.30. The Balaban J connectivity index is 2.18. The SMILES string of the molecule is CCSc1ccc2c(c1)c(I)cn2S(=O)(=O)c1ccc(C)cc1. The van der Waals surface area contributed by atoms with E-state index in [2.05, 4.69) is 35.6 Å². The fourth-order valence-electron chi connectivity index (χ4n) is 2.42. The van der Waals surface area contributed by atoms with E-state index in [0.29, 0.717) is 4.90 Å². The predicted octanol–water partition coefficient (Wildman–Crippen LogP) is 4.90. The van der Waals surface area contributed by atoms with E-state index >= 15 is 0 Å². The van der Waals surface area contributed by atoms with Crippen molar-refractivity contribution in [3.05, 3.63) is 57.8 Å². The molecule has 1 aromatic heterocycles. The first kappa shape index (κ1) is 16.9. The van der Waals surface area contributed by atoms with Crippen molar-refractivity contribution < 1.29 is 8.42 Å². The molecule has 0 aliphatic carbocycles. The molecule has 2 aromatic carbocycles. The molecule has 0 atom stereocenters. The topological polar surface area (TPSA) is 39.1 Å². The van der Waals surface area contributed by atoms with E-state index in [9.17, 15) is 8.42 Å². The van der Waals surface area contributed by atoms with Gasteiger partial charge in [-0.1, -0.05) is 24.6 Å². The predicted molar refractivity (Wildman–Crippen MR) is 105 cm³/mol. The average Bonchev–Trinajstić information content (AvgIpc) is 2.86. The van der Waals surface area contributed by atoms with Crippen LogP contribution in [-0.2, 0) is 10.0 Å². The number of benzene rings is 2. The van der Waals surface area contributed by atoms with Crippen LogP contribution in [0.1, 0.15) is 12.5 Å². The highest BCUT2D eigenvalue weighted by Gasteiger charge is 2.20. The van der Waals surface area contributed by atoms with Gasteiger partial charge < -0.3 is 0 Å². The minimum Gasteiger partial charge on any atom is -0.240 e. The number of nitrogens with zero attached hydrogens (tertiary/aromatic N) is 1. The second-order valence-electron chi connectivity index (χ2n) is 5.20. The molecular weight excluding hydrogens is 441 g/mol. The van der Waals surface area contributed by atoms with E-state index in [1.54, 1.807) is 30.1 Å². The van der Waals surface area contributed by atoms with Gasteiger partial charge in [-0.25, -0.2) is 12.4 Å². The first-order valence-corrected chi connectivity index (χ1v) is 10.7. The molecule has 0 aliphatic rings. The Bertz CT molecular complexity index is 960.